The summed E-state index contributed by atoms with van der Waals surface area (Å²) in [7, 11) is 0. The predicted molar refractivity (Wildman–Crippen MR) is 185 cm³/mol. The number of benzene rings is 5. The molecule has 0 fully saturated rings. The van der Waals surface area contributed by atoms with Crippen molar-refractivity contribution >= 4 is 38.2 Å². The van der Waals surface area contributed by atoms with Crippen LogP contribution in [0.3, 0.4) is 0 Å². The topological polar surface area (TPSA) is 43.1 Å². The molecule has 0 aliphatic rings. The van der Waals surface area contributed by atoms with Crippen LogP contribution in [0.15, 0.2) is 158 Å². The minimum Gasteiger partial charge on any atom is -0.306 e. The summed E-state index contributed by atoms with van der Waals surface area (Å²) in [6.45, 7) is 0. The summed E-state index contributed by atoms with van der Waals surface area (Å²) in [5.41, 5.74) is 11.2. The van der Waals surface area contributed by atoms with Crippen LogP contribution >= 0.6 is 0 Å². The zero-order chi connectivity index (χ0) is 29.7. The highest BCUT2D eigenvalue weighted by Gasteiger charge is 2.16. The van der Waals surface area contributed by atoms with Gasteiger partial charge in [0.2, 0.25) is 0 Å². The van der Waals surface area contributed by atoms with Crippen molar-refractivity contribution in [1.29, 1.82) is 0 Å². The number of rotatable bonds is 4. The third-order valence-corrected chi connectivity index (χ3v) is 8.59. The molecule has 0 amide bonds. The lowest BCUT2D eigenvalue weighted by Gasteiger charge is -2.14. The van der Waals surface area contributed by atoms with E-state index in [0.29, 0.717) is 0 Å². The van der Waals surface area contributed by atoms with E-state index in [9.17, 15) is 0 Å². The second kappa shape index (κ2) is 10.2. The van der Waals surface area contributed by atoms with E-state index >= 15 is 0 Å². The molecule has 0 aliphatic heterocycles. The first-order chi connectivity index (χ1) is 22.3. The summed E-state index contributed by atoms with van der Waals surface area (Å²) < 4.78 is 2.06. The van der Waals surface area contributed by atoms with Crippen LogP contribution < -0.4 is 0 Å². The molecular formula is C41H26N4. The number of hydrogen-bond acceptors (Lipinski definition) is 3. The van der Waals surface area contributed by atoms with Gasteiger partial charge in [-0.15, -0.1) is 0 Å². The fourth-order valence-electron chi connectivity index (χ4n) is 6.36. The van der Waals surface area contributed by atoms with Crippen molar-refractivity contribution in [3.05, 3.63) is 158 Å². The van der Waals surface area contributed by atoms with Crippen LogP contribution in [0.2, 0.25) is 0 Å². The van der Waals surface area contributed by atoms with Gasteiger partial charge in [-0.25, -0.2) is 15.0 Å². The lowest BCUT2D eigenvalue weighted by atomic mass is 9.94. The van der Waals surface area contributed by atoms with Crippen molar-refractivity contribution in [3.63, 3.8) is 0 Å². The van der Waals surface area contributed by atoms with Crippen molar-refractivity contribution in [2.75, 3.05) is 0 Å². The number of hydrogen-bond donors (Lipinski definition) is 0. The Bertz CT molecular complexity index is 2500. The molecule has 4 aromatic heterocycles. The summed E-state index contributed by atoms with van der Waals surface area (Å²) in [5.74, 6) is 0. The summed E-state index contributed by atoms with van der Waals surface area (Å²) in [6.07, 6.45) is 4.11. The minimum absolute atomic E-state index is 0.937. The first kappa shape index (κ1) is 25.4. The van der Waals surface area contributed by atoms with Gasteiger partial charge in [0.05, 0.1) is 28.1 Å². The maximum absolute atomic E-state index is 5.30. The first-order valence-electron chi connectivity index (χ1n) is 15.1. The molecule has 9 aromatic rings. The Morgan fingerprint density at radius 1 is 0.444 bits per heavy atom. The van der Waals surface area contributed by atoms with Gasteiger partial charge in [0.1, 0.15) is 5.65 Å². The monoisotopic (exact) mass is 574 g/mol. The van der Waals surface area contributed by atoms with E-state index in [-0.39, 0.29) is 0 Å². The van der Waals surface area contributed by atoms with Crippen LogP contribution in [-0.2, 0) is 0 Å². The third-order valence-electron chi connectivity index (χ3n) is 8.59. The zero-order valence-corrected chi connectivity index (χ0v) is 24.3. The molecule has 9 rings (SSSR count). The molecule has 0 aliphatic carbocycles. The van der Waals surface area contributed by atoms with E-state index in [1.807, 2.05) is 36.5 Å². The molecule has 0 N–H and O–H groups in total. The fraction of sp³-hybridized carbons (Fsp3) is 0. The summed E-state index contributed by atoms with van der Waals surface area (Å²) >= 11 is 0. The van der Waals surface area contributed by atoms with Gasteiger partial charge < -0.3 is 4.40 Å². The first-order valence-corrected chi connectivity index (χ1v) is 15.1. The Kier molecular flexibility index (Phi) is 5.78. The molecule has 0 bridgehead atoms. The Hall–Kier alpha value is -6.13. The zero-order valence-electron chi connectivity index (χ0n) is 24.3. The molecule has 4 heterocycles. The Labute approximate surface area is 259 Å². The van der Waals surface area contributed by atoms with Crippen LogP contribution in [-0.4, -0.2) is 19.4 Å². The highest BCUT2D eigenvalue weighted by molar-refractivity contribution is 6.20. The van der Waals surface area contributed by atoms with Gasteiger partial charge in [0.25, 0.3) is 0 Å². The molecule has 0 saturated carbocycles. The average molecular weight is 575 g/mol. The highest BCUT2D eigenvalue weighted by Crippen LogP contribution is 2.39. The molecule has 0 atom stereocenters. The summed E-state index contributed by atoms with van der Waals surface area (Å²) in [6, 6.07) is 50.8. The van der Waals surface area contributed by atoms with Crippen molar-refractivity contribution in [2.45, 2.75) is 0 Å². The van der Waals surface area contributed by atoms with Crippen LogP contribution in [0, 0.1) is 0 Å². The normalized spacial score (nSPS) is 11.6. The molecule has 0 spiro atoms. The molecule has 0 radical (unpaired) electrons. The van der Waals surface area contributed by atoms with E-state index in [2.05, 4.69) is 126 Å². The van der Waals surface area contributed by atoms with E-state index in [0.717, 1.165) is 83.1 Å². The number of imidazole rings is 1. The molecule has 5 aromatic carbocycles. The highest BCUT2D eigenvalue weighted by atomic mass is 15.0. The van der Waals surface area contributed by atoms with Gasteiger partial charge in [-0.05, 0) is 52.9 Å². The van der Waals surface area contributed by atoms with Gasteiger partial charge in [-0.1, -0.05) is 109 Å². The average Bonchev–Trinajstić information content (AvgIpc) is 3.56. The largest absolute Gasteiger partial charge is 0.306 e. The SMILES string of the molecule is c1ccc(-c2ccc3ccc4c5cc(-c6cccc(-c7cn8ccccc8n7)c6)ccc5nc(-c5ccccc5)c4c3n2)cc1. The van der Waals surface area contributed by atoms with Crippen molar-refractivity contribution in [1.82, 2.24) is 19.4 Å². The predicted octanol–water partition coefficient (Wildman–Crippen LogP) is 10.3. The van der Waals surface area contributed by atoms with Crippen LogP contribution in [0.5, 0.6) is 0 Å². The van der Waals surface area contributed by atoms with Gasteiger partial charge in [0, 0.05) is 45.2 Å². The molecule has 0 saturated heterocycles. The van der Waals surface area contributed by atoms with E-state index in [1.165, 1.54) is 0 Å². The van der Waals surface area contributed by atoms with Crippen molar-refractivity contribution < 1.29 is 0 Å². The van der Waals surface area contributed by atoms with E-state index < -0.39 is 0 Å². The molecule has 4 heteroatoms. The lowest BCUT2D eigenvalue weighted by molar-refractivity contribution is 1.19. The summed E-state index contributed by atoms with van der Waals surface area (Å²) in [4.78, 5) is 15.4. The van der Waals surface area contributed by atoms with Crippen LogP contribution in [0.4, 0.5) is 0 Å². The van der Waals surface area contributed by atoms with E-state index in [4.69, 9.17) is 15.0 Å². The molecule has 210 valence electrons. The van der Waals surface area contributed by atoms with Gasteiger partial charge in [-0.2, -0.15) is 0 Å². The maximum Gasteiger partial charge on any atom is 0.137 e. The van der Waals surface area contributed by atoms with Crippen LogP contribution in [0.1, 0.15) is 0 Å². The summed E-state index contributed by atoms with van der Waals surface area (Å²) in [5, 5.41) is 4.41. The number of pyridine rings is 3. The van der Waals surface area contributed by atoms with Gasteiger partial charge >= 0.3 is 0 Å². The Balaban J connectivity index is 1.27. The second-order valence-corrected chi connectivity index (χ2v) is 11.4. The lowest BCUT2D eigenvalue weighted by Crippen LogP contribution is -1.94. The second-order valence-electron chi connectivity index (χ2n) is 11.4. The maximum atomic E-state index is 5.30. The quantitative estimate of drug-likeness (QED) is 0.196. The number of aromatic nitrogens is 4. The minimum atomic E-state index is 0.937. The Morgan fingerprint density at radius 3 is 2.02 bits per heavy atom. The van der Waals surface area contributed by atoms with Crippen LogP contribution in [0.25, 0.3) is 83.1 Å². The molecule has 45 heavy (non-hydrogen) atoms. The third kappa shape index (κ3) is 4.35. The number of nitrogens with zero attached hydrogens (tertiary/aromatic N) is 4. The fourth-order valence-corrected chi connectivity index (χ4v) is 6.36. The van der Waals surface area contributed by atoms with Gasteiger partial charge in [-0.3, -0.25) is 0 Å². The van der Waals surface area contributed by atoms with Crippen molar-refractivity contribution in [3.8, 4) is 44.9 Å². The van der Waals surface area contributed by atoms with E-state index in [1.54, 1.807) is 0 Å². The Morgan fingerprint density at radius 2 is 1.18 bits per heavy atom. The smallest absolute Gasteiger partial charge is 0.137 e. The molecule has 0 unspecified atom stereocenters. The molecule has 4 nitrogen and oxygen atoms in total. The van der Waals surface area contributed by atoms with Gasteiger partial charge in [0.15, 0.2) is 0 Å². The van der Waals surface area contributed by atoms with Crippen molar-refractivity contribution in [2.24, 2.45) is 0 Å². The molecular weight excluding hydrogens is 548 g/mol. The number of fused-ring (bicyclic) bond motifs is 6. The standard InChI is InChI=1S/C41H26N4/c1-3-10-27(11-4-1)35-21-18-29-17-20-33-34-25-31(30-14-9-15-32(24-30)37-26-45-23-8-7-16-38(45)42-37)19-22-36(34)44-40(39(33)41(29)43-35)28-12-5-2-6-13-28/h1-26H.